The van der Waals surface area contributed by atoms with Crippen LogP contribution in [-0.4, -0.2) is 10.9 Å². The summed E-state index contributed by atoms with van der Waals surface area (Å²) in [7, 11) is 0. The van der Waals surface area contributed by atoms with E-state index in [2.05, 4.69) is 31.1 Å². The molecule has 0 aliphatic heterocycles. The van der Waals surface area contributed by atoms with Crippen molar-refractivity contribution in [2.24, 2.45) is 0 Å². The number of nitrogens with one attached hydrogen (secondary N) is 1. The summed E-state index contributed by atoms with van der Waals surface area (Å²) in [5, 5.41) is 2.67. The highest BCUT2D eigenvalue weighted by molar-refractivity contribution is 5.94. The Morgan fingerprint density at radius 2 is 1.67 bits per heavy atom. The summed E-state index contributed by atoms with van der Waals surface area (Å²) < 4.78 is 37.3. The largest absolute Gasteiger partial charge is 0.433 e. The minimum Gasteiger partial charge on any atom is -0.348 e. The quantitative estimate of drug-likeness (QED) is 0.906. The molecule has 1 amide bonds. The van der Waals surface area contributed by atoms with Crippen LogP contribution in [0.2, 0.25) is 0 Å². The fourth-order valence-corrected chi connectivity index (χ4v) is 2.10. The molecule has 0 aliphatic rings. The van der Waals surface area contributed by atoms with Crippen molar-refractivity contribution >= 4 is 5.91 Å². The molecule has 0 saturated carbocycles. The highest BCUT2D eigenvalue weighted by Crippen LogP contribution is 2.27. The number of carbonyl (C=O) groups is 1. The maximum Gasteiger partial charge on any atom is 0.433 e. The average molecular weight is 336 g/mol. The molecule has 1 heterocycles. The molecule has 0 bridgehead atoms. The van der Waals surface area contributed by atoms with Gasteiger partial charge in [0.05, 0.1) is 0 Å². The summed E-state index contributed by atoms with van der Waals surface area (Å²) in [6, 6.07) is 9.48. The molecule has 128 valence electrons. The van der Waals surface area contributed by atoms with Gasteiger partial charge in [-0.05, 0) is 34.7 Å². The smallest absolute Gasteiger partial charge is 0.348 e. The molecular formula is C18H19F3N2O. The molecule has 2 rings (SSSR count). The van der Waals surface area contributed by atoms with Gasteiger partial charge in [0.15, 0.2) is 0 Å². The number of amides is 1. The van der Waals surface area contributed by atoms with E-state index < -0.39 is 11.9 Å². The van der Waals surface area contributed by atoms with Crippen LogP contribution in [0.3, 0.4) is 0 Å². The van der Waals surface area contributed by atoms with Gasteiger partial charge in [0.1, 0.15) is 5.69 Å². The normalized spacial score (nSPS) is 12.1. The first-order valence-corrected chi connectivity index (χ1v) is 7.48. The van der Waals surface area contributed by atoms with E-state index in [0.717, 1.165) is 17.8 Å². The number of hydrogen-bond acceptors (Lipinski definition) is 2. The topological polar surface area (TPSA) is 42.0 Å². The van der Waals surface area contributed by atoms with Crippen molar-refractivity contribution in [3.8, 4) is 0 Å². The van der Waals surface area contributed by atoms with Crippen LogP contribution in [0.1, 0.15) is 48.0 Å². The number of nitrogens with zero attached hydrogens (tertiary/aromatic N) is 1. The number of rotatable bonds is 3. The van der Waals surface area contributed by atoms with Crippen molar-refractivity contribution in [1.82, 2.24) is 10.3 Å². The van der Waals surface area contributed by atoms with Crippen molar-refractivity contribution < 1.29 is 18.0 Å². The van der Waals surface area contributed by atoms with Crippen LogP contribution in [0.25, 0.3) is 0 Å². The summed E-state index contributed by atoms with van der Waals surface area (Å²) in [6.45, 7) is 6.37. The van der Waals surface area contributed by atoms with Gasteiger partial charge in [-0.1, -0.05) is 39.0 Å². The molecule has 0 radical (unpaired) electrons. The molecule has 0 atom stereocenters. The summed E-state index contributed by atoms with van der Waals surface area (Å²) in [5.74, 6) is -0.282. The van der Waals surface area contributed by atoms with Crippen LogP contribution < -0.4 is 5.32 Å². The van der Waals surface area contributed by atoms with Crippen LogP contribution >= 0.6 is 0 Å². The maximum atomic E-state index is 12.4. The van der Waals surface area contributed by atoms with Gasteiger partial charge in [-0.25, -0.2) is 0 Å². The van der Waals surface area contributed by atoms with Crippen molar-refractivity contribution in [2.45, 2.75) is 38.9 Å². The highest BCUT2D eigenvalue weighted by atomic mass is 19.4. The lowest BCUT2D eigenvalue weighted by atomic mass is 9.87. The first kappa shape index (κ1) is 18.0. The summed E-state index contributed by atoms with van der Waals surface area (Å²) >= 11 is 0. The molecule has 1 aromatic carbocycles. The van der Waals surface area contributed by atoms with Gasteiger partial charge in [-0.2, -0.15) is 13.2 Å². The average Bonchev–Trinajstić information content (AvgIpc) is 2.51. The number of aromatic nitrogens is 1. The second-order valence-electron chi connectivity index (χ2n) is 6.56. The van der Waals surface area contributed by atoms with E-state index in [1.165, 1.54) is 6.07 Å². The number of pyridine rings is 1. The fraction of sp³-hybridized carbons (Fsp3) is 0.333. The van der Waals surface area contributed by atoms with Crippen molar-refractivity contribution in [3.05, 3.63) is 65.0 Å². The lowest BCUT2D eigenvalue weighted by Crippen LogP contribution is -2.23. The van der Waals surface area contributed by atoms with E-state index in [1.807, 2.05) is 12.1 Å². The second kappa shape index (κ2) is 6.63. The van der Waals surface area contributed by atoms with Crippen LogP contribution in [0.5, 0.6) is 0 Å². The Kier molecular flexibility index (Phi) is 4.96. The van der Waals surface area contributed by atoms with Gasteiger partial charge in [0, 0.05) is 18.3 Å². The molecule has 1 N–H and O–H groups in total. The van der Waals surface area contributed by atoms with Crippen LogP contribution in [-0.2, 0) is 18.1 Å². The molecule has 0 fully saturated rings. The number of carbonyl (C=O) groups excluding carboxylic acids is 1. The Hall–Kier alpha value is -2.37. The third-order valence-corrected chi connectivity index (χ3v) is 3.58. The molecule has 3 nitrogen and oxygen atoms in total. The first-order chi connectivity index (χ1) is 11.1. The van der Waals surface area contributed by atoms with E-state index in [1.54, 1.807) is 12.1 Å². The molecule has 2 aromatic rings. The fourth-order valence-electron chi connectivity index (χ4n) is 2.10. The Labute approximate surface area is 138 Å². The number of benzene rings is 1. The minimum absolute atomic E-state index is 0.000897. The number of hydrogen-bond donors (Lipinski definition) is 1. The van der Waals surface area contributed by atoms with Crippen molar-refractivity contribution in [1.29, 1.82) is 0 Å². The van der Waals surface area contributed by atoms with Crippen LogP contribution in [0.15, 0.2) is 42.6 Å². The lowest BCUT2D eigenvalue weighted by molar-refractivity contribution is -0.141. The van der Waals surface area contributed by atoms with Gasteiger partial charge >= 0.3 is 6.18 Å². The Morgan fingerprint density at radius 1 is 1.04 bits per heavy atom. The third kappa shape index (κ3) is 4.57. The van der Waals surface area contributed by atoms with Crippen molar-refractivity contribution in [2.75, 3.05) is 0 Å². The molecule has 0 aliphatic carbocycles. The number of halogens is 3. The Balaban J connectivity index is 1.98. The Bertz CT molecular complexity index is 699. The zero-order chi connectivity index (χ0) is 18.0. The zero-order valence-corrected chi connectivity index (χ0v) is 13.7. The molecular weight excluding hydrogens is 317 g/mol. The van der Waals surface area contributed by atoms with E-state index in [9.17, 15) is 18.0 Å². The van der Waals surface area contributed by atoms with Gasteiger partial charge in [0.2, 0.25) is 0 Å². The standard InChI is InChI=1S/C18H19F3N2O/c1-17(2,3)14-7-5-13(6-8-14)16(24)23-11-12-4-9-15(22-10-12)18(19,20)21/h4-10H,11H2,1-3H3,(H,23,24). The SMILES string of the molecule is CC(C)(C)c1ccc(C(=O)NCc2ccc(C(F)(F)F)nc2)cc1. The van der Waals surface area contributed by atoms with Gasteiger partial charge in [-0.15, -0.1) is 0 Å². The first-order valence-electron chi connectivity index (χ1n) is 7.48. The molecule has 1 aromatic heterocycles. The lowest BCUT2D eigenvalue weighted by Gasteiger charge is -2.19. The van der Waals surface area contributed by atoms with E-state index in [0.29, 0.717) is 11.1 Å². The molecule has 24 heavy (non-hydrogen) atoms. The second-order valence-corrected chi connectivity index (χ2v) is 6.56. The highest BCUT2D eigenvalue weighted by Gasteiger charge is 2.31. The summed E-state index contributed by atoms with van der Waals surface area (Å²) in [4.78, 5) is 15.5. The van der Waals surface area contributed by atoms with E-state index in [4.69, 9.17) is 0 Å². The third-order valence-electron chi connectivity index (χ3n) is 3.58. The Morgan fingerprint density at radius 3 is 2.12 bits per heavy atom. The molecule has 0 saturated heterocycles. The summed E-state index contributed by atoms with van der Waals surface area (Å²) in [6.07, 6.45) is -3.34. The van der Waals surface area contributed by atoms with Gasteiger partial charge in [-0.3, -0.25) is 9.78 Å². The van der Waals surface area contributed by atoms with E-state index >= 15 is 0 Å². The predicted molar refractivity (Wildman–Crippen MR) is 85.6 cm³/mol. The molecule has 0 unspecified atom stereocenters. The molecule has 6 heteroatoms. The molecule has 0 spiro atoms. The zero-order valence-electron chi connectivity index (χ0n) is 13.7. The predicted octanol–water partition coefficient (Wildman–Crippen LogP) is 4.33. The van der Waals surface area contributed by atoms with E-state index in [-0.39, 0.29) is 17.9 Å². The maximum absolute atomic E-state index is 12.4. The van der Waals surface area contributed by atoms with Gasteiger partial charge in [0.25, 0.3) is 5.91 Å². The van der Waals surface area contributed by atoms with Crippen molar-refractivity contribution in [3.63, 3.8) is 0 Å². The summed E-state index contributed by atoms with van der Waals surface area (Å²) in [5.41, 5.74) is 1.17. The van der Waals surface area contributed by atoms with Crippen LogP contribution in [0, 0.1) is 0 Å². The van der Waals surface area contributed by atoms with Crippen LogP contribution in [0.4, 0.5) is 13.2 Å². The number of alkyl halides is 3. The van der Waals surface area contributed by atoms with Gasteiger partial charge < -0.3 is 5.32 Å². The monoisotopic (exact) mass is 336 g/mol. The minimum atomic E-state index is -4.46.